The van der Waals surface area contributed by atoms with Crippen molar-refractivity contribution in [1.82, 2.24) is 0 Å². The van der Waals surface area contributed by atoms with Gasteiger partial charge in [-0.05, 0) is 36.2 Å². The lowest BCUT2D eigenvalue weighted by Crippen LogP contribution is -2.32. The predicted molar refractivity (Wildman–Crippen MR) is 116 cm³/mol. The van der Waals surface area contributed by atoms with Crippen molar-refractivity contribution in [3.8, 4) is 16.9 Å². The summed E-state index contributed by atoms with van der Waals surface area (Å²) in [4.78, 5) is 14.5. The Morgan fingerprint density at radius 2 is 1.76 bits per heavy atom. The summed E-state index contributed by atoms with van der Waals surface area (Å²) >= 11 is 6.57. The predicted octanol–water partition coefficient (Wildman–Crippen LogP) is 5.78. The van der Waals surface area contributed by atoms with Crippen molar-refractivity contribution in [2.24, 2.45) is 0 Å². The van der Waals surface area contributed by atoms with E-state index in [4.69, 9.17) is 20.8 Å². The monoisotopic (exact) mass is 403 g/mol. The smallest absolute Gasteiger partial charge is 0.336 e. The van der Waals surface area contributed by atoms with Gasteiger partial charge < -0.3 is 14.1 Å². The Bertz CT molecular complexity index is 1260. The first-order chi connectivity index (χ1) is 14.1. The fourth-order valence-corrected chi connectivity index (χ4v) is 4.04. The van der Waals surface area contributed by atoms with Crippen LogP contribution in [0, 0.1) is 6.92 Å². The van der Waals surface area contributed by atoms with Gasteiger partial charge in [-0.3, -0.25) is 0 Å². The van der Waals surface area contributed by atoms with Gasteiger partial charge in [0, 0.05) is 17.1 Å². The maximum Gasteiger partial charge on any atom is 0.336 e. The average Bonchev–Trinajstić information content (AvgIpc) is 2.75. The van der Waals surface area contributed by atoms with Gasteiger partial charge in [0.2, 0.25) is 0 Å². The minimum Gasteiger partial charge on any atom is -0.471 e. The van der Waals surface area contributed by atoms with E-state index in [1.807, 2.05) is 36.4 Å². The molecule has 144 valence electrons. The lowest BCUT2D eigenvalue weighted by atomic mass is 9.99. The van der Waals surface area contributed by atoms with Crippen molar-refractivity contribution in [2.75, 3.05) is 11.6 Å². The van der Waals surface area contributed by atoms with Crippen LogP contribution < -0.4 is 15.3 Å². The van der Waals surface area contributed by atoms with Crippen molar-refractivity contribution < 1.29 is 9.15 Å². The van der Waals surface area contributed by atoms with E-state index in [2.05, 4.69) is 36.1 Å². The first kappa shape index (κ1) is 17.8. The van der Waals surface area contributed by atoms with E-state index in [0.29, 0.717) is 29.6 Å². The highest BCUT2D eigenvalue weighted by atomic mass is 35.5. The number of hydrogen-bond acceptors (Lipinski definition) is 4. The van der Waals surface area contributed by atoms with Crippen LogP contribution in [0.15, 0.2) is 75.9 Å². The number of halogens is 1. The second kappa shape index (κ2) is 6.98. The summed E-state index contributed by atoms with van der Waals surface area (Å²) in [6.07, 6.45) is 0. The molecule has 1 aliphatic rings. The molecule has 0 saturated heterocycles. The molecule has 3 aromatic carbocycles. The molecule has 0 radical (unpaired) electrons. The summed E-state index contributed by atoms with van der Waals surface area (Å²) in [7, 11) is 0. The van der Waals surface area contributed by atoms with E-state index in [-0.39, 0.29) is 0 Å². The molecule has 1 aliphatic heterocycles. The Balaban J connectivity index is 1.70. The molecular formula is C24H18ClNO3. The normalized spacial score (nSPS) is 13.2. The number of nitrogens with zero attached hydrogens (tertiary/aromatic N) is 1. The van der Waals surface area contributed by atoms with Crippen LogP contribution in [0.5, 0.6) is 5.75 Å². The van der Waals surface area contributed by atoms with Gasteiger partial charge in [-0.25, -0.2) is 4.79 Å². The van der Waals surface area contributed by atoms with Gasteiger partial charge in [0.05, 0.1) is 17.1 Å². The van der Waals surface area contributed by atoms with E-state index in [1.165, 1.54) is 11.6 Å². The second-order valence-corrected chi connectivity index (χ2v) is 7.60. The van der Waals surface area contributed by atoms with E-state index < -0.39 is 5.63 Å². The number of ether oxygens (including phenoxy) is 1. The molecule has 0 aliphatic carbocycles. The SMILES string of the molecule is Cc1ccc(N2COc3c(Cl)cc4c(-c5ccccc5)cc(=O)oc4c3C2)cc1. The van der Waals surface area contributed by atoms with E-state index >= 15 is 0 Å². The Labute approximate surface area is 172 Å². The van der Waals surface area contributed by atoms with E-state index in [0.717, 1.165) is 27.8 Å². The van der Waals surface area contributed by atoms with Crippen LogP contribution in [0.25, 0.3) is 22.1 Å². The maximum absolute atomic E-state index is 12.4. The highest BCUT2D eigenvalue weighted by molar-refractivity contribution is 6.33. The highest BCUT2D eigenvalue weighted by Gasteiger charge is 2.25. The number of fused-ring (bicyclic) bond motifs is 3. The molecule has 0 unspecified atom stereocenters. The van der Waals surface area contributed by atoms with Gasteiger partial charge in [0.15, 0.2) is 6.73 Å². The number of anilines is 1. The molecule has 4 aromatic rings. The Kier molecular flexibility index (Phi) is 4.29. The van der Waals surface area contributed by atoms with Crippen LogP contribution in [0.1, 0.15) is 11.1 Å². The van der Waals surface area contributed by atoms with Crippen LogP contribution in [-0.2, 0) is 6.54 Å². The molecule has 0 fully saturated rings. The number of hydrogen-bond donors (Lipinski definition) is 0. The molecule has 5 heteroatoms. The summed E-state index contributed by atoms with van der Waals surface area (Å²) in [5, 5.41) is 1.32. The third kappa shape index (κ3) is 3.15. The van der Waals surface area contributed by atoms with Gasteiger partial charge in [0.1, 0.15) is 11.3 Å². The van der Waals surface area contributed by atoms with Crippen molar-refractivity contribution in [3.63, 3.8) is 0 Å². The zero-order chi connectivity index (χ0) is 20.0. The Morgan fingerprint density at radius 3 is 2.52 bits per heavy atom. The van der Waals surface area contributed by atoms with Crippen molar-refractivity contribution >= 4 is 28.3 Å². The van der Waals surface area contributed by atoms with Crippen molar-refractivity contribution in [2.45, 2.75) is 13.5 Å². The summed E-state index contributed by atoms with van der Waals surface area (Å²) in [6, 6.07) is 21.3. The topological polar surface area (TPSA) is 42.7 Å². The van der Waals surface area contributed by atoms with Crippen LogP contribution in [-0.4, -0.2) is 6.73 Å². The van der Waals surface area contributed by atoms with Crippen LogP contribution >= 0.6 is 11.6 Å². The van der Waals surface area contributed by atoms with Gasteiger partial charge in [0.25, 0.3) is 0 Å². The van der Waals surface area contributed by atoms with Crippen molar-refractivity contribution in [3.05, 3.63) is 93.3 Å². The van der Waals surface area contributed by atoms with Crippen molar-refractivity contribution in [1.29, 1.82) is 0 Å². The number of rotatable bonds is 2. The fourth-order valence-electron chi connectivity index (χ4n) is 3.77. The molecule has 0 atom stereocenters. The summed E-state index contributed by atoms with van der Waals surface area (Å²) in [5.74, 6) is 0.580. The molecule has 1 aromatic heterocycles. The quantitative estimate of drug-likeness (QED) is 0.398. The first-order valence-corrected chi connectivity index (χ1v) is 9.77. The molecular weight excluding hydrogens is 386 g/mol. The standard InChI is InChI=1S/C24H18ClNO3/c1-15-7-9-17(10-8-15)26-13-20-23-19(11-21(25)24(20)28-14-26)18(12-22(27)29-23)16-5-3-2-4-6-16/h2-12H,13-14H2,1H3. The maximum atomic E-state index is 12.4. The van der Waals surface area contributed by atoms with Crippen LogP contribution in [0.3, 0.4) is 0 Å². The Hall–Kier alpha value is -3.24. The molecule has 4 nitrogen and oxygen atoms in total. The van der Waals surface area contributed by atoms with Gasteiger partial charge in [-0.2, -0.15) is 0 Å². The molecule has 2 heterocycles. The molecule has 0 N–H and O–H groups in total. The zero-order valence-corrected chi connectivity index (χ0v) is 16.6. The molecule has 0 spiro atoms. The number of aryl methyl sites for hydroxylation is 1. The molecule has 29 heavy (non-hydrogen) atoms. The fraction of sp³-hybridized carbons (Fsp3) is 0.125. The minimum absolute atomic E-state index is 0.379. The molecule has 0 saturated carbocycles. The molecule has 0 bridgehead atoms. The van der Waals surface area contributed by atoms with E-state index in [9.17, 15) is 4.79 Å². The summed E-state index contributed by atoms with van der Waals surface area (Å²) in [6.45, 7) is 2.97. The second-order valence-electron chi connectivity index (χ2n) is 7.19. The van der Waals surface area contributed by atoms with Gasteiger partial charge in [-0.15, -0.1) is 0 Å². The average molecular weight is 404 g/mol. The van der Waals surface area contributed by atoms with Gasteiger partial charge >= 0.3 is 5.63 Å². The van der Waals surface area contributed by atoms with E-state index in [1.54, 1.807) is 0 Å². The van der Waals surface area contributed by atoms with Crippen LogP contribution in [0.4, 0.5) is 5.69 Å². The van der Waals surface area contributed by atoms with Gasteiger partial charge in [-0.1, -0.05) is 59.6 Å². The lowest BCUT2D eigenvalue weighted by Gasteiger charge is -2.31. The molecule has 0 amide bonds. The zero-order valence-electron chi connectivity index (χ0n) is 15.8. The minimum atomic E-state index is -0.395. The molecule has 5 rings (SSSR count). The lowest BCUT2D eigenvalue weighted by molar-refractivity contribution is 0.289. The Morgan fingerprint density at radius 1 is 1.00 bits per heavy atom. The summed E-state index contributed by atoms with van der Waals surface area (Å²) in [5.41, 5.74) is 4.88. The van der Waals surface area contributed by atoms with Crippen LogP contribution in [0.2, 0.25) is 5.02 Å². The number of benzene rings is 3. The third-order valence-electron chi connectivity index (χ3n) is 5.23. The first-order valence-electron chi connectivity index (χ1n) is 9.39. The highest BCUT2D eigenvalue weighted by Crippen LogP contribution is 2.41. The third-order valence-corrected chi connectivity index (χ3v) is 5.51. The largest absolute Gasteiger partial charge is 0.471 e. The summed E-state index contributed by atoms with van der Waals surface area (Å²) < 4.78 is 11.6.